The number of hydrogen-bond donors (Lipinski definition) is 1. The summed E-state index contributed by atoms with van der Waals surface area (Å²) in [5.74, 6) is 0.0384. The van der Waals surface area contributed by atoms with Gasteiger partial charge in [-0.25, -0.2) is 4.98 Å². The van der Waals surface area contributed by atoms with Crippen LogP contribution < -0.4 is 0 Å². The number of piperazine rings is 1. The molecule has 2 aliphatic heterocycles. The van der Waals surface area contributed by atoms with Crippen LogP contribution in [0.3, 0.4) is 0 Å². The van der Waals surface area contributed by atoms with E-state index in [1.54, 1.807) is 0 Å². The van der Waals surface area contributed by atoms with Gasteiger partial charge in [0.2, 0.25) is 0 Å². The Hall–Kier alpha value is -2.97. The van der Waals surface area contributed by atoms with Crippen LogP contribution in [-0.4, -0.2) is 75.6 Å². The fourth-order valence-electron chi connectivity index (χ4n) is 5.43. The molecule has 35 heavy (non-hydrogen) atoms. The largest absolute Gasteiger partial charge is 0.370 e. The number of epoxide rings is 1. The predicted octanol–water partition coefficient (Wildman–Crippen LogP) is 3.81. The van der Waals surface area contributed by atoms with Crippen LogP contribution in [0, 0.1) is 0 Å². The molecule has 0 radical (unpaired) electrons. The van der Waals surface area contributed by atoms with Gasteiger partial charge in [0.05, 0.1) is 12.9 Å². The average molecular weight is 490 g/mol. The zero-order valence-electron chi connectivity index (χ0n) is 19.4. The minimum absolute atomic E-state index is 0.0384. The van der Waals surface area contributed by atoms with E-state index in [4.69, 9.17) is 16.3 Å². The standard InChI is InChI=1S/C27H28ClN5O2/c28-23-4-2-1-3-22(23)27(25-18-35-25,26(34)21-6-5-20-7-8-30-24(20)17-21)33-15-13-31(14-16-33)11-12-32-10-9-29-19-32/h1-10,17,19,25,30H,11-16,18H2. The van der Waals surface area contributed by atoms with Gasteiger partial charge in [0, 0.05) is 79.5 Å². The molecule has 2 aliphatic rings. The first-order valence-corrected chi connectivity index (χ1v) is 12.5. The molecule has 4 heterocycles. The van der Waals surface area contributed by atoms with Crippen LogP contribution in [0.4, 0.5) is 0 Å². The number of aromatic nitrogens is 3. The number of hydrogen-bond acceptors (Lipinski definition) is 5. The fourth-order valence-corrected chi connectivity index (χ4v) is 5.71. The van der Waals surface area contributed by atoms with Crippen molar-refractivity contribution >= 4 is 28.3 Å². The number of ether oxygens (including phenoxy) is 1. The van der Waals surface area contributed by atoms with Gasteiger partial charge in [0.1, 0.15) is 11.6 Å². The summed E-state index contributed by atoms with van der Waals surface area (Å²) >= 11 is 6.78. The summed E-state index contributed by atoms with van der Waals surface area (Å²) in [6.45, 7) is 5.64. The molecule has 2 saturated heterocycles. The Bertz CT molecular complexity index is 1320. The molecule has 2 aromatic carbocycles. The molecular weight excluding hydrogens is 462 g/mol. The number of halogens is 1. The summed E-state index contributed by atoms with van der Waals surface area (Å²) in [4.78, 5) is 26.6. The zero-order valence-corrected chi connectivity index (χ0v) is 20.2. The molecule has 2 unspecified atom stereocenters. The minimum Gasteiger partial charge on any atom is -0.370 e. The zero-order chi connectivity index (χ0) is 23.8. The smallest absolute Gasteiger partial charge is 0.190 e. The molecule has 0 saturated carbocycles. The quantitative estimate of drug-likeness (QED) is 0.301. The van der Waals surface area contributed by atoms with Crippen molar-refractivity contribution in [2.45, 2.75) is 18.2 Å². The maximum atomic E-state index is 14.5. The van der Waals surface area contributed by atoms with Crippen LogP contribution in [0.25, 0.3) is 10.9 Å². The van der Waals surface area contributed by atoms with Gasteiger partial charge in [0.25, 0.3) is 0 Å². The highest BCUT2D eigenvalue weighted by molar-refractivity contribution is 6.32. The van der Waals surface area contributed by atoms with Gasteiger partial charge in [0.15, 0.2) is 5.78 Å². The van der Waals surface area contributed by atoms with Crippen molar-refractivity contribution in [3.8, 4) is 0 Å². The number of carbonyl (C=O) groups excluding carboxylic acids is 1. The monoisotopic (exact) mass is 489 g/mol. The first kappa shape index (κ1) is 22.5. The first-order valence-electron chi connectivity index (χ1n) is 12.1. The van der Waals surface area contributed by atoms with Crippen molar-refractivity contribution < 1.29 is 9.53 Å². The van der Waals surface area contributed by atoms with E-state index < -0.39 is 5.54 Å². The van der Waals surface area contributed by atoms with Crippen LogP contribution in [0.15, 0.2) is 73.4 Å². The summed E-state index contributed by atoms with van der Waals surface area (Å²) in [5.41, 5.74) is 1.48. The number of Topliss-reactive ketones (excluding diaryl/α,β-unsaturated/α-hetero) is 1. The maximum Gasteiger partial charge on any atom is 0.190 e. The van der Waals surface area contributed by atoms with E-state index in [1.807, 2.05) is 73.4 Å². The number of ketones is 1. The van der Waals surface area contributed by atoms with Gasteiger partial charge in [-0.05, 0) is 23.6 Å². The van der Waals surface area contributed by atoms with E-state index in [2.05, 4.69) is 24.3 Å². The fraction of sp³-hybridized carbons (Fsp3) is 0.333. The predicted molar refractivity (Wildman–Crippen MR) is 136 cm³/mol. The van der Waals surface area contributed by atoms with Crippen molar-refractivity contribution in [3.05, 3.63) is 89.6 Å². The topological polar surface area (TPSA) is 69.7 Å². The molecule has 4 aromatic rings. The number of aromatic amines is 1. The summed E-state index contributed by atoms with van der Waals surface area (Å²) < 4.78 is 8.02. The normalized spacial score (nSPS) is 20.7. The molecule has 0 amide bonds. The second-order valence-corrected chi connectivity index (χ2v) is 9.71. The molecule has 0 aliphatic carbocycles. The van der Waals surface area contributed by atoms with E-state index in [-0.39, 0.29) is 11.9 Å². The molecule has 1 N–H and O–H groups in total. The summed E-state index contributed by atoms with van der Waals surface area (Å²) in [6.07, 6.45) is 7.31. The Kier molecular flexibility index (Phi) is 5.94. The molecule has 2 atom stereocenters. The van der Waals surface area contributed by atoms with Gasteiger partial charge < -0.3 is 14.3 Å². The molecule has 0 bridgehead atoms. The highest BCUT2D eigenvalue weighted by Gasteiger charge is 2.58. The molecule has 7 nitrogen and oxygen atoms in total. The molecule has 0 spiro atoms. The van der Waals surface area contributed by atoms with E-state index in [1.165, 1.54) is 0 Å². The lowest BCUT2D eigenvalue weighted by Gasteiger charge is -2.47. The lowest BCUT2D eigenvalue weighted by atomic mass is 9.77. The van der Waals surface area contributed by atoms with Crippen LogP contribution in [0.1, 0.15) is 15.9 Å². The number of benzene rings is 2. The Labute approximate surface area is 209 Å². The van der Waals surface area contributed by atoms with E-state index in [9.17, 15) is 4.79 Å². The van der Waals surface area contributed by atoms with Gasteiger partial charge in [-0.1, -0.05) is 41.9 Å². The number of rotatable bonds is 8. The van der Waals surface area contributed by atoms with E-state index in [0.29, 0.717) is 17.2 Å². The maximum absolute atomic E-state index is 14.5. The summed E-state index contributed by atoms with van der Waals surface area (Å²) in [5, 5.41) is 1.68. The first-order chi connectivity index (χ1) is 17.2. The van der Waals surface area contributed by atoms with Gasteiger partial charge in [-0.3, -0.25) is 14.6 Å². The Morgan fingerprint density at radius 2 is 1.94 bits per heavy atom. The van der Waals surface area contributed by atoms with Crippen LogP contribution >= 0.6 is 11.6 Å². The van der Waals surface area contributed by atoms with Crippen LogP contribution in [0.2, 0.25) is 5.02 Å². The number of imidazole rings is 1. The van der Waals surface area contributed by atoms with Gasteiger partial charge in [-0.2, -0.15) is 0 Å². The summed E-state index contributed by atoms with van der Waals surface area (Å²) in [6, 6.07) is 15.6. The summed E-state index contributed by atoms with van der Waals surface area (Å²) in [7, 11) is 0. The van der Waals surface area contributed by atoms with E-state index in [0.717, 1.165) is 55.7 Å². The third-order valence-corrected chi connectivity index (χ3v) is 7.68. The van der Waals surface area contributed by atoms with Crippen molar-refractivity contribution in [1.29, 1.82) is 0 Å². The van der Waals surface area contributed by atoms with Crippen LogP contribution in [-0.2, 0) is 16.8 Å². The second kappa shape index (κ2) is 9.24. The van der Waals surface area contributed by atoms with Crippen molar-refractivity contribution in [2.24, 2.45) is 0 Å². The van der Waals surface area contributed by atoms with Crippen LogP contribution in [0.5, 0.6) is 0 Å². The van der Waals surface area contributed by atoms with Crippen molar-refractivity contribution in [2.75, 3.05) is 39.3 Å². The number of H-pyrrole nitrogens is 1. The van der Waals surface area contributed by atoms with Gasteiger partial charge in [-0.15, -0.1) is 0 Å². The Morgan fingerprint density at radius 3 is 2.69 bits per heavy atom. The molecule has 2 aromatic heterocycles. The second-order valence-electron chi connectivity index (χ2n) is 9.31. The average Bonchev–Trinajstić information content (AvgIpc) is 3.39. The highest BCUT2D eigenvalue weighted by Crippen LogP contribution is 2.45. The minimum atomic E-state index is -0.963. The highest BCUT2D eigenvalue weighted by atomic mass is 35.5. The lowest BCUT2D eigenvalue weighted by molar-refractivity contribution is 0.0135. The Morgan fingerprint density at radius 1 is 1.11 bits per heavy atom. The SMILES string of the molecule is O=C(c1ccc2cc[nH]c2c1)C(c1ccccc1Cl)(C1CO1)N1CCN(CCn2ccnc2)CC1. The van der Waals surface area contributed by atoms with Crippen molar-refractivity contribution in [3.63, 3.8) is 0 Å². The van der Waals surface area contributed by atoms with Crippen molar-refractivity contribution in [1.82, 2.24) is 24.3 Å². The number of nitrogens with zero attached hydrogens (tertiary/aromatic N) is 4. The molecule has 180 valence electrons. The Balaban J connectivity index is 1.34. The lowest BCUT2D eigenvalue weighted by Crippen LogP contribution is -2.61. The molecule has 8 heteroatoms. The molecule has 6 rings (SSSR count). The van der Waals surface area contributed by atoms with E-state index >= 15 is 0 Å². The van der Waals surface area contributed by atoms with Gasteiger partial charge >= 0.3 is 0 Å². The molecular formula is C27H28ClN5O2. The number of nitrogens with one attached hydrogen (secondary N) is 1. The third-order valence-electron chi connectivity index (χ3n) is 7.35. The number of fused-ring (bicyclic) bond motifs is 1. The third kappa shape index (κ3) is 4.08. The number of carbonyl (C=O) groups is 1. The molecule has 2 fully saturated rings.